The normalized spacial score (nSPS) is 17.6. The van der Waals surface area contributed by atoms with E-state index in [0.29, 0.717) is 25.9 Å². The molecule has 1 aromatic carbocycles. The standard InChI is InChI=1S/C15H20FNO2/c1-15(2,11-3-5-12(16)6-4-11)14(19)17-9-7-13(18)8-10-17/h3-6,13,18H,7-10H2,1-2H3. The molecule has 1 saturated heterocycles. The van der Waals surface area contributed by atoms with E-state index >= 15 is 0 Å². The highest BCUT2D eigenvalue weighted by atomic mass is 19.1. The first kappa shape index (κ1) is 14.0. The number of aliphatic hydroxyl groups excluding tert-OH is 1. The van der Waals surface area contributed by atoms with E-state index in [1.807, 2.05) is 13.8 Å². The zero-order chi connectivity index (χ0) is 14.0. The second-order valence-corrected chi connectivity index (χ2v) is 5.66. The molecule has 0 aromatic heterocycles. The number of nitrogens with zero attached hydrogens (tertiary/aromatic N) is 1. The lowest BCUT2D eigenvalue weighted by atomic mass is 9.82. The van der Waals surface area contributed by atoms with Gasteiger partial charge in [0.05, 0.1) is 11.5 Å². The Bertz CT molecular complexity index is 448. The second-order valence-electron chi connectivity index (χ2n) is 5.66. The molecule has 0 aliphatic carbocycles. The number of carbonyl (C=O) groups is 1. The minimum absolute atomic E-state index is 0.0333. The van der Waals surface area contributed by atoms with Crippen molar-refractivity contribution >= 4 is 5.91 Å². The molecule has 0 unspecified atom stereocenters. The third-order valence-corrected chi connectivity index (χ3v) is 3.85. The van der Waals surface area contributed by atoms with Crippen LogP contribution in [0.25, 0.3) is 0 Å². The average Bonchev–Trinajstić information content (AvgIpc) is 2.39. The van der Waals surface area contributed by atoms with E-state index in [1.54, 1.807) is 17.0 Å². The number of rotatable bonds is 2. The predicted molar refractivity (Wildman–Crippen MR) is 71.2 cm³/mol. The third-order valence-electron chi connectivity index (χ3n) is 3.85. The van der Waals surface area contributed by atoms with Crippen LogP contribution in [0.4, 0.5) is 4.39 Å². The Hall–Kier alpha value is -1.42. The molecule has 1 aliphatic rings. The summed E-state index contributed by atoms with van der Waals surface area (Å²) in [5.41, 5.74) is 0.140. The van der Waals surface area contributed by atoms with Crippen molar-refractivity contribution in [3.8, 4) is 0 Å². The van der Waals surface area contributed by atoms with Crippen molar-refractivity contribution in [1.82, 2.24) is 4.90 Å². The largest absolute Gasteiger partial charge is 0.393 e. The van der Waals surface area contributed by atoms with Crippen LogP contribution in [0.1, 0.15) is 32.3 Å². The molecule has 0 spiro atoms. The number of piperidine rings is 1. The van der Waals surface area contributed by atoms with E-state index < -0.39 is 5.41 Å². The fourth-order valence-electron chi connectivity index (χ4n) is 2.45. The summed E-state index contributed by atoms with van der Waals surface area (Å²) >= 11 is 0. The van der Waals surface area contributed by atoms with E-state index in [2.05, 4.69) is 0 Å². The van der Waals surface area contributed by atoms with Gasteiger partial charge in [-0.15, -0.1) is 0 Å². The molecule has 3 nitrogen and oxygen atoms in total. The van der Waals surface area contributed by atoms with Crippen molar-refractivity contribution in [2.24, 2.45) is 0 Å². The maximum atomic E-state index is 13.0. The Kier molecular flexibility index (Phi) is 3.90. The molecule has 1 aromatic rings. The van der Waals surface area contributed by atoms with Crippen LogP contribution in [-0.2, 0) is 10.2 Å². The molecule has 0 saturated carbocycles. The highest BCUT2D eigenvalue weighted by Gasteiger charge is 2.35. The van der Waals surface area contributed by atoms with Gasteiger partial charge >= 0.3 is 0 Å². The summed E-state index contributed by atoms with van der Waals surface area (Å²) in [6.07, 6.45) is 0.967. The van der Waals surface area contributed by atoms with E-state index in [-0.39, 0.29) is 17.8 Å². The van der Waals surface area contributed by atoms with Crippen LogP contribution in [0.5, 0.6) is 0 Å². The van der Waals surface area contributed by atoms with Crippen molar-refractivity contribution in [3.05, 3.63) is 35.6 Å². The molecule has 1 aliphatic heterocycles. The Morgan fingerprint density at radius 3 is 2.32 bits per heavy atom. The SMILES string of the molecule is CC(C)(C(=O)N1CCC(O)CC1)c1ccc(F)cc1. The van der Waals surface area contributed by atoms with Gasteiger partial charge in [0.2, 0.25) is 5.91 Å². The predicted octanol–water partition coefficient (Wildman–Crippen LogP) is 2.09. The summed E-state index contributed by atoms with van der Waals surface area (Å²) in [5, 5.41) is 9.48. The molecule has 1 fully saturated rings. The Morgan fingerprint density at radius 1 is 1.26 bits per heavy atom. The lowest BCUT2D eigenvalue weighted by molar-refractivity contribution is -0.138. The minimum Gasteiger partial charge on any atom is -0.393 e. The molecular weight excluding hydrogens is 245 g/mol. The molecule has 19 heavy (non-hydrogen) atoms. The van der Waals surface area contributed by atoms with Gasteiger partial charge < -0.3 is 10.0 Å². The van der Waals surface area contributed by atoms with E-state index in [9.17, 15) is 14.3 Å². The van der Waals surface area contributed by atoms with Gasteiger partial charge in [-0.05, 0) is 44.4 Å². The molecule has 2 rings (SSSR count). The average molecular weight is 265 g/mol. The fraction of sp³-hybridized carbons (Fsp3) is 0.533. The first-order valence-electron chi connectivity index (χ1n) is 6.65. The summed E-state index contributed by atoms with van der Waals surface area (Å²) in [4.78, 5) is 14.4. The van der Waals surface area contributed by atoms with Crippen LogP contribution in [0.3, 0.4) is 0 Å². The van der Waals surface area contributed by atoms with Crippen LogP contribution in [-0.4, -0.2) is 35.1 Å². The van der Waals surface area contributed by atoms with Gasteiger partial charge in [-0.25, -0.2) is 4.39 Å². The van der Waals surface area contributed by atoms with Gasteiger partial charge in [0.15, 0.2) is 0 Å². The maximum Gasteiger partial charge on any atom is 0.232 e. The van der Waals surface area contributed by atoms with Crippen LogP contribution < -0.4 is 0 Å². The fourth-order valence-corrected chi connectivity index (χ4v) is 2.45. The third kappa shape index (κ3) is 2.95. The van der Waals surface area contributed by atoms with Crippen LogP contribution >= 0.6 is 0 Å². The number of benzene rings is 1. The summed E-state index contributed by atoms with van der Waals surface area (Å²) in [7, 11) is 0. The molecular formula is C15H20FNO2. The van der Waals surface area contributed by atoms with E-state index in [1.165, 1.54) is 12.1 Å². The van der Waals surface area contributed by atoms with Gasteiger partial charge in [0.1, 0.15) is 5.82 Å². The number of hydrogen-bond donors (Lipinski definition) is 1. The Labute approximate surface area is 113 Å². The van der Waals surface area contributed by atoms with Gasteiger partial charge in [0.25, 0.3) is 0 Å². The zero-order valence-corrected chi connectivity index (χ0v) is 11.4. The highest BCUT2D eigenvalue weighted by molar-refractivity contribution is 5.87. The molecule has 1 amide bonds. The molecule has 0 atom stereocenters. The number of carbonyl (C=O) groups excluding carboxylic acids is 1. The number of likely N-dealkylation sites (tertiary alicyclic amines) is 1. The number of amides is 1. The lowest BCUT2D eigenvalue weighted by Crippen LogP contribution is -2.47. The van der Waals surface area contributed by atoms with Gasteiger partial charge in [0, 0.05) is 13.1 Å². The molecule has 1 N–H and O–H groups in total. The highest BCUT2D eigenvalue weighted by Crippen LogP contribution is 2.27. The molecule has 0 radical (unpaired) electrons. The van der Waals surface area contributed by atoms with Crippen molar-refractivity contribution in [3.63, 3.8) is 0 Å². The molecule has 0 bridgehead atoms. The maximum absolute atomic E-state index is 13.0. The number of aliphatic hydroxyl groups is 1. The smallest absolute Gasteiger partial charge is 0.232 e. The molecule has 1 heterocycles. The van der Waals surface area contributed by atoms with E-state index in [4.69, 9.17) is 0 Å². The second kappa shape index (κ2) is 5.29. The van der Waals surface area contributed by atoms with Crippen molar-refractivity contribution in [1.29, 1.82) is 0 Å². The van der Waals surface area contributed by atoms with Crippen LogP contribution in [0.2, 0.25) is 0 Å². The summed E-state index contributed by atoms with van der Waals surface area (Å²) in [5.74, 6) is -0.265. The van der Waals surface area contributed by atoms with Crippen molar-refractivity contribution in [2.45, 2.75) is 38.2 Å². The first-order chi connectivity index (χ1) is 8.91. The topological polar surface area (TPSA) is 40.5 Å². The monoisotopic (exact) mass is 265 g/mol. The summed E-state index contributed by atoms with van der Waals surface area (Å²) in [6.45, 7) is 4.89. The van der Waals surface area contributed by atoms with Gasteiger partial charge in [-0.3, -0.25) is 4.79 Å². The zero-order valence-electron chi connectivity index (χ0n) is 11.4. The van der Waals surface area contributed by atoms with E-state index in [0.717, 1.165) is 5.56 Å². The quantitative estimate of drug-likeness (QED) is 0.889. The summed E-state index contributed by atoms with van der Waals surface area (Å²) in [6, 6.07) is 6.08. The lowest BCUT2D eigenvalue weighted by Gasteiger charge is -2.36. The van der Waals surface area contributed by atoms with Crippen LogP contribution in [0.15, 0.2) is 24.3 Å². The van der Waals surface area contributed by atoms with Gasteiger partial charge in [-0.2, -0.15) is 0 Å². The number of hydrogen-bond acceptors (Lipinski definition) is 2. The van der Waals surface area contributed by atoms with Crippen molar-refractivity contribution in [2.75, 3.05) is 13.1 Å². The van der Waals surface area contributed by atoms with Gasteiger partial charge in [-0.1, -0.05) is 12.1 Å². The first-order valence-corrected chi connectivity index (χ1v) is 6.65. The van der Waals surface area contributed by atoms with Crippen LogP contribution in [0, 0.1) is 5.82 Å². The Balaban J connectivity index is 2.14. The minimum atomic E-state index is -0.671. The molecule has 4 heteroatoms. The number of halogens is 1. The molecule has 104 valence electrons. The summed E-state index contributed by atoms with van der Waals surface area (Å²) < 4.78 is 13.0. The van der Waals surface area contributed by atoms with Crippen molar-refractivity contribution < 1.29 is 14.3 Å². The Morgan fingerprint density at radius 2 is 1.79 bits per heavy atom.